The van der Waals surface area contributed by atoms with Gasteiger partial charge in [0.15, 0.2) is 0 Å². The van der Waals surface area contributed by atoms with Crippen molar-refractivity contribution in [1.29, 1.82) is 0 Å². The number of carbonyl (C=O) groups is 1. The largest absolute Gasteiger partial charge is 0.497 e. The van der Waals surface area contributed by atoms with E-state index in [0.717, 1.165) is 77.4 Å². The van der Waals surface area contributed by atoms with Crippen molar-refractivity contribution in [2.75, 3.05) is 36.6 Å². The minimum Gasteiger partial charge on any atom is -0.497 e. The molecule has 4 unspecified atom stereocenters. The molecule has 6 rings (SSSR count). The first-order valence-corrected chi connectivity index (χ1v) is 23.1. The van der Waals surface area contributed by atoms with E-state index in [2.05, 4.69) is 47.3 Å². The summed E-state index contributed by atoms with van der Waals surface area (Å²) in [5.74, 6) is 2.15. The number of ether oxygens (including phenoxy) is 2. The summed E-state index contributed by atoms with van der Waals surface area (Å²) in [6.45, 7) is 11.9. The van der Waals surface area contributed by atoms with E-state index in [4.69, 9.17) is 9.47 Å². The van der Waals surface area contributed by atoms with Crippen LogP contribution in [0, 0.1) is 25.7 Å². The van der Waals surface area contributed by atoms with E-state index in [-0.39, 0.29) is 11.4 Å². The third-order valence-electron chi connectivity index (χ3n) is 12.2. The van der Waals surface area contributed by atoms with Crippen LogP contribution in [0.3, 0.4) is 0 Å². The van der Waals surface area contributed by atoms with E-state index in [1.54, 1.807) is 7.11 Å². The molecule has 0 aliphatic carbocycles. The number of nitrogens with one attached hydrogen (secondary N) is 2. The summed E-state index contributed by atoms with van der Waals surface area (Å²) in [5, 5.41) is 6.45. The summed E-state index contributed by atoms with van der Waals surface area (Å²) in [6.07, 6.45) is 26.2. The van der Waals surface area contributed by atoms with Crippen molar-refractivity contribution in [2.24, 2.45) is 11.8 Å². The van der Waals surface area contributed by atoms with Crippen LogP contribution in [0.2, 0.25) is 0 Å². The van der Waals surface area contributed by atoms with Crippen molar-refractivity contribution in [3.63, 3.8) is 0 Å². The number of aryl methyl sites for hydroxylation is 2. The molecule has 304 valence electrons. The Balaban J connectivity index is 1.17. The first-order valence-electron chi connectivity index (χ1n) is 21.7. The number of methoxy groups -OCH3 is 1. The minimum atomic E-state index is -0.998. The van der Waals surface area contributed by atoms with E-state index in [0.29, 0.717) is 18.4 Å². The number of carbonyl (C=O) groups excluding carboxylic acids is 1. The third kappa shape index (κ3) is 12.7. The van der Waals surface area contributed by atoms with Crippen molar-refractivity contribution in [1.82, 2.24) is 4.90 Å². The van der Waals surface area contributed by atoms with E-state index < -0.39 is 23.0 Å². The predicted octanol–water partition coefficient (Wildman–Crippen LogP) is 12.0. The number of rotatable bonds is 24. The Bertz CT molecular complexity index is 1550. The SMILES string of the molecule is C=C[C@H]1CN2C(S(=O)CCCCCCCCCCCCCCCCCC)CC1C[C@H]2[C@H](OC(=O)Nc1cc(C)cc(C)c1)C1=CCNc2ccc(OC)cc21. The summed E-state index contributed by atoms with van der Waals surface area (Å²) in [6, 6.07) is 11.9. The highest BCUT2D eigenvalue weighted by atomic mass is 32.2. The smallest absolute Gasteiger partial charge is 0.412 e. The van der Waals surface area contributed by atoms with Crippen LogP contribution < -0.4 is 15.4 Å². The fourth-order valence-electron chi connectivity index (χ4n) is 9.25. The van der Waals surface area contributed by atoms with E-state index in [1.807, 2.05) is 44.2 Å². The zero-order valence-electron chi connectivity index (χ0n) is 34.6. The molecule has 2 N–H and O–H groups in total. The van der Waals surface area contributed by atoms with Crippen LogP contribution in [0.4, 0.5) is 16.2 Å². The molecule has 3 fully saturated rings. The number of amides is 1. The second kappa shape index (κ2) is 22.6. The average Bonchev–Trinajstić information content (AvgIpc) is 3.18. The van der Waals surface area contributed by atoms with Gasteiger partial charge in [0.2, 0.25) is 0 Å². The molecule has 4 aliphatic heterocycles. The summed E-state index contributed by atoms with van der Waals surface area (Å²) < 4.78 is 26.3. The molecule has 0 radical (unpaired) electrons. The zero-order chi connectivity index (χ0) is 39.0. The highest BCUT2D eigenvalue weighted by molar-refractivity contribution is 7.85. The Morgan fingerprint density at radius 1 is 0.909 bits per heavy atom. The van der Waals surface area contributed by atoms with Gasteiger partial charge in [-0.1, -0.05) is 121 Å². The Hall–Kier alpha value is -3.10. The fourth-order valence-corrected chi connectivity index (χ4v) is 11.0. The summed E-state index contributed by atoms with van der Waals surface area (Å²) >= 11 is 0. The molecule has 3 saturated heterocycles. The molecule has 0 saturated carbocycles. The van der Waals surface area contributed by atoms with Crippen LogP contribution in [0.1, 0.15) is 139 Å². The maximum atomic E-state index is 14.2. The van der Waals surface area contributed by atoms with Crippen molar-refractivity contribution in [2.45, 2.75) is 154 Å². The van der Waals surface area contributed by atoms with E-state index in [1.165, 1.54) is 89.9 Å². The quantitative estimate of drug-likeness (QED) is 0.0817. The predicted molar refractivity (Wildman–Crippen MR) is 233 cm³/mol. The van der Waals surface area contributed by atoms with Gasteiger partial charge in [0.1, 0.15) is 11.9 Å². The maximum Gasteiger partial charge on any atom is 0.412 e. The molecule has 2 bridgehead atoms. The summed E-state index contributed by atoms with van der Waals surface area (Å²) in [4.78, 5) is 16.2. The lowest BCUT2D eigenvalue weighted by molar-refractivity contribution is -0.0401. The molecular formula is C47H71N3O4S. The van der Waals surface area contributed by atoms with Gasteiger partial charge in [-0.25, -0.2) is 4.79 Å². The average molecular weight is 774 g/mol. The van der Waals surface area contributed by atoms with Crippen LogP contribution in [0.15, 0.2) is 55.1 Å². The molecule has 2 aromatic carbocycles. The van der Waals surface area contributed by atoms with Gasteiger partial charge in [-0.3, -0.25) is 14.4 Å². The van der Waals surface area contributed by atoms with Crippen molar-refractivity contribution in [3.05, 3.63) is 71.8 Å². The lowest BCUT2D eigenvalue weighted by Gasteiger charge is -2.55. The van der Waals surface area contributed by atoms with Crippen LogP contribution in [-0.2, 0) is 15.5 Å². The summed E-state index contributed by atoms with van der Waals surface area (Å²) in [5.41, 5.74) is 5.81. The van der Waals surface area contributed by atoms with Gasteiger partial charge in [-0.2, -0.15) is 0 Å². The molecule has 0 spiro atoms. The van der Waals surface area contributed by atoms with Crippen LogP contribution in [0.25, 0.3) is 5.57 Å². The number of anilines is 2. The van der Waals surface area contributed by atoms with Gasteiger partial charge in [0.05, 0.1) is 18.5 Å². The Morgan fingerprint density at radius 3 is 2.11 bits per heavy atom. The first kappa shape index (κ1) is 43.0. The van der Waals surface area contributed by atoms with Crippen LogP contribution >= 0.6 is 0 Å². The second-order valence-corrected chi connectivity index (χ2v) is 18.2. The van der Waals surface area contributed by atoms with E-state index >= 15 is 0 Å². The Kier molecular flexibility index (Phi) is 17.7. The molecule has 4 heterocycles. The number of hydrogen-bond acceptors (Lipinski definition) is 6. The Morgan fingerprint density at radius 2 is 1.53 bits per heavy atom. The number of benzene rings is 2. The van der Waals surface area contributed by atoms with Crippen molar-refractivity contribution in [3.8, 4) is 5.75 Å². The third-order valence-corrected chi connectivity index (χ3v) is 13.9. The van der Waals surface area contributed by atoms with Gasteiger partial charge in [-0.15, -0.1) is 6.58 Å². The monoisotopic (exact) mass is 774 g/mol. The number of hydrogen-bond donors (Lipinski definition) is 2. The second-order valence-electron chi connectivity index (χ2n) is 16.5. The molecule has 7 nitrogen and oxygen atoms in total. The molecule has 55 heavy (non-hydrogen) atoms. The molecule has 2 aromatic rings. The lowest BCUT2D eigenvalue weighted by Crippen LogP contribution is -2.63. The summed E-state index contributed by atoms with van der Waals surface area (Å²) in [7, 11) is 0.675. The standard InChI is InChI=1S/C47H71N3O4S/c1-6-8-9-10-11-12-13-14-15-16-17-18-19-20-21-22-27-55(52)45-32-38-31-44(50(45)34-37(38)7-2)46(54-47(51)49-39-29-35(3)28-36(4)30-39)41-25-26-48-43-24-23-40(53-5)33-42(41)43/h7,23-25,28-30,33,37-38,44-46,48H,2,6,8-22,26-27,31-32,34H2,1,3-5H3,(H,49,51)/t37-,38?,44-,45?,46+,55?/m0/s1. The number of fused-ring (bicyclic) bond motifs is 4. The fraction of sp³-hybridized carbons (Fsp3) is 0.638. The Labute approximate surface area is 335 Å². The minimum absolute atomic E-state index is 0.0584. The molecular weight excluding hydrogens is 703 g/mol. The van der Waals surface area contributed by atoms with Crippen LogP contribution in [0.5, 0.6) is 5.75 Å². The molecule has 7 atom stereocenters. The van der Waals surface area contributed by atoms with Crippen LogP contribution in [-0.4, -0.2) is 58.7 Å². The molecule has 0 aromatic heterocycles. The van der Waals surface area contributed by atoms with Gasteiger partial charge in [-0.05, 0) is 86.4 Å². The highest BCUT2D eigenvalue weighted by Crippen LogP contribution is 2.46. The van der Waals surface area contributed by atoms with Gasteiger partial charge < -0.3 is 14.8 Å². The van der Waals surface area contributed by atoms with Gasteiger partial charge in [0, 0.05) is 52.2 Å². The maximum absolute atomic E-state index is 14.2. The van der Waals surface area contributed by atoms with Crippen molar-refractivity contribution >= 4 is 33.8 Å². The number of piperidine rings is 3. The number of unbranched alkanes of at least 4 members (excludes halogenated alkanes) is 15. The lowest BCUT2D eigenvalue weighted by atomic mass is 9.72. The highest BCUT2D eigenvalue weighted by Gasteiger charge is 2.50. The number of nitrogens with zero attached hydrogens (tertiary/aromatic N) is 1. The topological polar surface area (TPSA) is 79.9 Å². The molecule has 4 aliphatic rings. The normalized spacial score (nSPS) is 22.5. The van der Waals surface area contributed by atoms with E-state index in [9.17, 15) is 9.00 Å². The first-order chi connectivity index (χ1) is 26.8. The zero-order valence-corrected chi connectivity index (χ0v) is 35.4. The molecule has 1 amide bonds. The van der Waals surface area contributed by atoms with Crippen molar-refractivity contribution < 1.29 is 18.5 Å². The van der Waals surface area contributed by atoms with Gasteiger partial charge in [0.25, 0.3) is 0 Å². The molecule has 8 heteroatoms. The van der Waals surface area contributed by atoms with Gasteiger partial charge >= 0.3 is 6.09 Å².